The molecule has 2 atom stereocenters. The summed E-state index contributed by atoms with van der Waals surface area (Å²) in [5, 5.41) is 2.15. The molecule has 1 aromatic carbocycles. The molecule has 28 heavy (non-hydrogen) atoms. The monoisotopic (exact) mass is 392 g/mol. The Labute approximate surface area is 169 Å². The van der Waals surface area contributed by atoms with Crippen molar-refractivity contribution < 1.29 is 4.74 Å². The van der Waals surface area contributed by atoms with Gasteiger partial charge in [-0.2, -0.15) is 0 Å². The van der Waals surface area contributed by atoms with Crippen LogP contribution in [0.3, 0.4) is 0 Å². The Hall–Kier alpha value is -2.37. The van der Waals surface area contributed by atoms with Crippen LogP contribution in [0, 0.1) is 5.92 Å². The summed E-state index contributed by atoms with van der Waals surface area (Å²) in [6.07, 6.45) is 1.17. The number of rotatable bonds is 4. The van der Waals surface area contributed by atoms with Crippen LogP contribution in [0.1, 0.15) is 22.9 Å². The summed E-state index contributed by atoms with van der Waals surface area (Å²) in [4.78, 5) is 16.6. The number of pyridine rings is 1. The molecule has 1 fully saturated rings. The number of methoxy groups -OCH3 is 1. The van der Waals surface area contributed by atoms with Gasteiger partial charge in [-0.1, -0.05) is 18.2 Å². The number of piperidine rings is 1. The zero-order valence-corrected chi connectivity index (χ0v) is 16.8. The number of likely N-dealkylation sites (tertiary alicyclic amines) is 1. The average molecular weight is 393 g/mol. The zero-order valence-electron chi connectivity index (χ0n) is 16.0. The van der Waals surface area contributed by atoms with Crippen LogP contribution in [0.2, 0.25) is 0 Å². The fourth-order valence-electron chi connectivity index (χ4n) is 4.88. The van der Waals surface area contributed by atoms with E-state index in [0.717, 1.165) is 37.5 Å². The molecule has 0 N–H and O–H groups in total. The van der Waals surface area contributed by atoms with E-state index < -0.39 is 0 Å². The minimum Gasteiger partial charge on any atom is -0.497 e. The summed E-state index contributed by atoms with van der Waals surface area (Å²) >= 11 is 1.83. The van der Waals surface area contributed by atoms with E-state index >= 15 is 0 Å². The molecule has 5 heteroatoms. The van der Waals surface area contributed by atoms with Crippen molar-refractivity contribution in [1.29, 1.82) is 0 Å². The number of benzene rings is 1. The second-order valence-electron chi connectivity index (χ2n) is 7.88. The smallest absolute Gasteiger partial charge is 0.250 e. The van der Waals surface area contributed by atoms with Crippen LogP contribution in [0.15, 0.2) is 58.7 Å². The number of aromatic nitrogens is 1. The molecule has 0 unspecified atom stereocenters. The molecule has 0 amide bonds. The first-order chi connectivity index (χ1) is 13.7. The molecule has 0 aliphatic carbocycles. The highest BCUT2D eigenvalue weighted by atomic mass is 32.1. The summed E-state index contributed by atoms with van der Waals surface area (Å²) in [6, 6.07) is 16.3. The summed E-state index contributed by atoms with van der Waals surface area (Å²) < 4.78 is 7.35. The second kappa shape index (κ2) is 7.22. The lowest BCUT2D eigenvalue weighted by Gasteiger charge is -2.43. The van der Waals surface area contributed by atoms with Crippen LogP contribution in [0.5, 0.6) is 5.75 Å². The number of hydrogen-bond donors (Lipinski definition) is 0. The predicted octanol–water partition coefficient (Wildman–Crippen LogP) is 4.20. The SMILES string of the molecule is COc1ccc(-c2ccc(=O)n3c2[C@H]2C[C@@H](CN(Cc4cccs4)C2)C3)cc1. The van der Waals surface area contributed by atoms with Gasteiger partial charge in [-0.25, -0.2) is 0 Å². The first-order valence-electron chi connectivity index (χ1n) is 9.84. The standard InChI is InChI=1S/C23H24N2O2S/c1-27-19-6-4-17(5-7-19)21-8-9-22(26)25-13-16-11-18(23(21)25)14-24(12-16)15-20-3-2-10-28-20/h2-10,16,18H,11-15H2,1H3/t16-,18-/m0/s1. The molecule has 2 aliphatic heterocycles. The van der Waals surface area contributed by atoms with Gasteiger partial charge in [-0.3, -0.25) is 9.69 Å². The Morgan fingerprint density at radius 3 is 2.68 bits per heavy atom. The van der Waals surface area contributed by atoms with Crippen molar-refractivity contribution in [2.75, 3.05) is 20.2 Å². The Morgan fingerprint density at radius 2 is 1.93 bits per heavy atom. The second-order valence-corrected chi connectivity index (χ2v) is 8.91. The minimum absolute atomic E-state index is 0.133. The van der Waals surface area contributed by atoms with Gasteiger partial charge in [0, 0.05) is 54.3 Å². The summed E-state index contributed by atoms with van der Waals surface area (Å²) in [6.45, 7) is 3.93. The van der Waals surface area contributed by atoms with Crippen LogP contribution < -0.4 is 10.3 Å². The molecule has 0 radical (unpaired) electrons. The molecule has 2 aromatic heterocycles. The number of fused-ring (bicyclic) bond motifs is 4. The third kappa shape index (κ3) is 3.19. The van der Waals surface area contributed by atoms with E-state index in [1.807, 2.05) is 34.1 Å². The topological polar surface area (TPSA) is 34.5 Å². The third-order valence-corrected chi connectivity index (χ3v) is 6.89. The highest BCUT2D eigenvalue weighted by molar-refractivity contribution is 7.09. The molecular weight excluding hydrogens is 368 g/mol. The van der Waals surface area contributed by atoms with Crippen LogP contribution in [0.4, 0.5) is 0 Å². The maximum absolute atomic E-state index is 12.6. The fraction of sp³-hybridized carbons (Fsp3) is 0.348. The molecule has 4 nitrogen and oxygen atoms in total. The van der Waals surface area contributed by atoms with Crippen LogP contribution in [-0.2, 0) is 13.1 Å². The van der Waals surface area contributed by atoms with Gasteiger partial charge in [-0.15, -0.1) is 11.3 Å². The molecule has 0 saturated carbocycles. The summed E-state index contributed by atoms with van der Waals surface area (Å²) in [7, 11) is 1.68. The Morgan fingerprint density at radius 1 is 1.07 bits per heavy atom. The van der Waals surface area contributed by atoms with E-state index in [4.69, 9.17) is 4.74 Å². The number of hydrogen-bond acceptors (Lipinski definition) is 4. The lowest BCUT2D eigenvalue weighted by atomic mass is 9.80. The lowest BCUT2D eigenvalue weighted by molar-refractivity contribution is 0.115. The lowest BCUT2D eigenvalue weighted by Crippen LogP contribution is -2.46. The average Bonchev–Trinajstić information content (AvgIpc) is 3.22. The molecule has 144 valence electrons. The molecule has 4 heterocycles. The van der Waals surface area contributed by atoms with E-state index in [0.29, 0.717) is 11.8 Å². The Kier molecular flexibility index (Phi) is 4.57. The van der Waals surface area contributed by atoms with Gasteiger partial charge in [0.1, 0.15) is 5.75 Å². The van der Waals surface area contributed by atoms with Crippen LogP contribution in [0.25, 0.3) is 11.1 Å². The Balaban J connectivity index is 1.52. The zero-order chi connectivity index (χ0) is 19.1. The van der Waals surface area contributed by atoms with E-state index in [1.165, 1.54) is 22.6 Å². The highest BCUT2D eigenvalue weighted by Gasteiger charge is 2.36. The fourth-order valence-corrected chi connectivity index (χ4v) is 5.63. The molecule has 5 rings (SSSR count). The van der Waals surface area contributed by atoms with Crippen molar-refractivity contribution in [1.82, 2.24) is 9.47 Å². The summed E-state index contributed by atoms with van der Waals surface area (Å²) in [5.74, 6) is 1.80. The van der Waals surface area contributed by atoms with Crippen molar-refractivity contribution in [2.24, 2.45) is 5.92 Å². The van der Waals surface area contributed by atoms with Crippen LogP contribution >= 0.6 is 11.3 Å². The van der Waals surface area contributed by atoms with Gasteiger partial charge in [0.2, 0.25) is 0 Å². The van der Waals surface area contributed by atoms with E-state index in [9.17, 15) is 4.79 Å². The van der Waals surface area contributed by atoms with Gasteiger partial charge >= 0.3 is 0 Å². The molecule has 2 aliphatic rings. The Bertz CT molecular complexity index is 1020. The van der Waals surface area contributed by atoms with Gasteiger partial charge in [-0.05, 0) is 47.5 Å². The number of thiophene rings is 1. The van der Waals surface area contributed by atoms with Gasteiger partial charge in [0.25, 0.3) is 5.56 Å². The molecule has 1 saturated heterocycles. The number of ether oxygens (including phenoxy) is 1. The molecular formula is C23H24N2O2S. The van der Waals surface area contributed by atoms with Crippen molar-refractivity contribution in [2.45, 2.75) is 25.4 Å². The first-order valence-corrected chi connectivity index (χ1v) is 10.7. The number of nitrogens with zero attached hydrogens (tertiary/aromatic N) is 2. The molecule has 3 aromatic rings. The van der Waals surface area contributed by atoms with Crippen LogP contribution in [-0.4, -0.2) is 29.7 Å². The first kappa shape index (κ1) is 17.7. The van der Waals surface area contributed by atoms with E-state index in [2.05, 4.69) is 34.5 Å². The van der Waals surface area contributed by atoms with E-state index in [-0.39, 0.29) is 5.56 Å². The van der Waals surface area contributed by atoms with Crippen molar-refractivity contribution in [3.63, 3.8) is 0 Å². The highest BCUT2D eigenvalue weighted by Crippen LogP contribution is 2.40. The predicted molar refractivity (Wildman–Crippen MR) is 113 cm³/mol. The quantitative estimate of drug-likeness (QED) is 0.667. The van der Waals surface area contributed by atoms with Gasteiger partial charge in [0.15, 0.2) is 0 Å². The third-order valence-electron chi connectivity index (χ3n) is 6.03. The van der Waals surface area contributed by atoms with Gasteiger partial charge < -0.3 is 9.30 Å². The molecule has 2 bridgehead atoms. The summed E-state index contributed by atoms with van der Waals surface area (Å²) in [5.41, 5.74) is 3.68. The maximum Gasteiger partial charge on any atom is 0.250 e. The van der Waals surface area contributed by atoms with Gasteiger partial charge in [0.05, 0.1) is 7.11 Å². The van der Waals surface area contributed by atoms with E-state index in [1.54, 1.807) is 13.2 Å². The van der Waals surface area contributed by atoms with Crippen molar-refractivity contribution in [3.05, 3.63) is 74.8 Å². The van der Waals surface area contributed by atoms with Crippen molar-refractivity contribution >= 4 is 11.3 Å². The van der Waals surface area contributed by atoms with Crippen molar-refractivity contribution in [3.8, 4) is 16.9 Å². The maximum atomic E-state index is 12.6. The molecule has 0 spiro atoms. The minimum atomic E-state index is 0.133. The normalized spacial score (nSPS) is 21.3. The largest absolute Gasteiger partial charge is 0.497 e.